The monoisotopic (exact) mass is 351 g/mol. The van der Waals surface area contributed by atoms with Crippen LogP contribution in [0.3, 0.4) is 0 Å². The first kappa shape index (κ1) is 16.6. The standard InChI is InChI=1S/C12H18BrNO4S/c1-14(6-8-5-9(13)19-7-8)10(11(15)16-2)12(17-3)18-4/h5,7,10,12H,6H2,1-4H3/t10-/m0/s1. The highest BCUT2D eigenvalue weighted by atomic mass is 79.9. The fourth-order valence-electron chi connectivity index (χ4n) is 1.79. The summed E-state index contributed by atoms with van der Waals surface area (Å²) in [5.41, 5.74) is 1.11. The summed E-state index contributed by atoms with van der Waals surface area (Å²) in [4.78, 5) is 13.7. The minimum atomic E-state index is -0.667. The Bertz CT molecular complexity index is 408. The summed E-state index contributed by atoms with van der Waals surface area (Å²) in [5.74, 6) is -0.384. The molecule has 0 aliphatic rings. The Balaban J connectivity index is 2.81. The molecular weight excluding hydrogens is 334 g/mol. The van der Waals surface area contributed by atoms with Gasteiger partial charge in [0.1, 0.15) is 0 Å². The first-order chi connectivity index (χ1) is 9.03. The SMILES string of the molecule is COC(=O)[C@@H](C(OC)OC)N(C)Cc1csc(Br)c1. The Hall–Kier alpha value is -0.470. The van der Waals surface area contributed by atoms with E-state index >= 15 is 0 Å². The third-order valence-electron chi connectivity index (χ3n) is 2.69. The fourth-order valence-corrected chi connectivity index (χ4v) is 2.99. The second-order valence-electron chi connectivity index (χ2n) is 3.98. The van der Waals surface area contributed by atoms with E-state index in [1.807, 2.05) is 23.4 Å². The molecule has 0 bridgehead atoms. The first-order valence-corrected chi connectivity index (χ1v) is 7.27. The molecule has 1 aromatic rings. The number of hydrogen-bond acceptors (Lipinski definition) is 6. The Morgan fingerprint density at radius 2 is 2.05 bits per heavy atom. The molecular formula is C12H18BrNO4S. The normalized spacial score (nSPS) is 13.0. The summed E-state index contributed by atoms with van der Waals surface area (Å²) >= 11 is 5.02. The Kier molecular flexibility index (Phi) is 6.95. The molecule has 0 spiro atoms. The number of thiophene rings is 1. The highest BCUT2D eigenvalue weighted by Crippen LogP contribution is 2.22. The van der Waals surface area contributed by atoms with Crippen molar-refractivity contribution in [1.82, 2.24) is 4.90 Å². The van der Waals surface area contributed by atoms with Crippen molar-refractivity contribution in [2.75, 3.05) is 28.4 Å². The molecule has 108 valence electrons. The van der Waals surface area contributed by atoms with Crippen molar-refractivity contribution in [1.29, 1.82) is 0 Å². The van der Waals surface area contributed by atoms with Gasteiger partial charge in [-0.2, -0.15) is 0 Å². The predicted molar refractivity (Wildman–Crippen MR) is 77.1 cm³/mol. The molecule has 0 radical (unpaired) electrons. The van der Waals surface area contributed by atoms with Crippen molar-refractivity contribution in [3.63, 3.8) is 0 Å². The molecule has 5 nitrogen and oxygen atoms in total. The maximum Gasteiger partial charge on any atom is 0.328 e. The first-order valence-electron chi connectivity index (χ1n) is 5.60. The predicted octanol–water partition coefficient (Wildman–Crippen LogP) is 2.10. The van der Waals surface area contributed by atoms with Crippen molar-refractivity contribution in [2.24, 2.45) is 0 Å². The minimum Gasteiger partial charge on any atom is -0.468 e. The lowest BCUT2D eigenvalue weighted by Crippen LogP contribution is -2.48. The van der Waals surface area contributed by atoms with Crippen molar-refractivity contribution in [3.8, 4) is 0 Å². The third-order valence-corrected chi connectivity index (χ3v) is 4.25. The minimum absolute atomic E-state index is 0.384. The number of methoxy groups -OCH3 is 3. The molecule has 0 aliphatic carbocycles. The molecule has 0 saturated carbocycles. The molecule has 0 aromatic carbocycles. The fraction of sp³-hybridized carbons (Fsp3) is 0.583. The summed E-state index contributed by atoms with van der Waals surface area (Å²) < 4.78 is 16.2. The summed E-state index contributed by atoms with van der Waals surface area (Å²) in [5, 5.41) is 2.03. The van der Waals surface area contributed by atoms with E-state index in [0.29, 0.717) is 6.54 Å². The van der Waals surface area contributed by atoms with Crippen LogP contribution in [0.15, 0.2) is 15.2 Å². The summed E-state index contributed by atoms with van der Waals surface area (Å²) in [6.45, 7) is 0.602. The number of carbonyl (C=O) groups excluding carboxylic acids is 1. The van der Waals surface area contributed by atoms with Gasteiger partial charge in [0.2, 0.25) is 0 Å². The van der Waals surface area contributed by atoms with Gasteiger partial charge in [-0.3, -0.25) is 9.69 Å². The zero-order valence-corrected chi connectivity index (χ0v) is 13.8. The van der Waals surface area contributed by atoms with Crippen LogP contribution < -0.4 is 0 Å². The number of hydrogen-bond donors (Lipinski definition) is 0. The number of ether oxygens (including phenoxy) is 3. The third kappa shape index (κ3) is 4.54. The van der Waals surface area contributed by atoms with E-state index in [4.69, 9.17) is 14.2 Å². The topological polar surface area (TPSA) is 48.0 Å². The molecule has 1 rings (SSSR count). The van der Waals surface area contributed by atoms with Gasteiger partial charge >= 0.3 is 5.97 Å². The molecule has 1 aromatic heterocycles. The number of halogens is 1. The van der Waals surface area contributed by atoms with Gasteiger partial charge in [0.25, 0.3) is 0 Å². The maximum atomic E-state index is 11.9. The van der Waals surface area contributed by atoms with Crippen LogP contribution >= 0.6 is 27.3 Å². The highest BCUT2D eigenvalue weighted by molar-refractivity contribution is 9.11. The summed E-state index contributed by atoms with van der Waals surface area (Å²) in [7, 11) is 6.18. The number of rotatable bonds is 7. The van der Waals surface area contributed by atoms with E-state index in [0.717, 1.165) is 9.35 Å². The van der Waals surface area contributed by atoms with Crippen LogP contribution in [0.5, 0.6) is 0 Å². The van der Waals surface area contributed by atoms with E-state index in [-0.39, 0.29) is 5.97 Å². The van der Waals surface area contributed by atoms with Gasteiger partial charge in [-0.05, 0) is 40.0 Å². The van der Waals surface area contributed by atoms with Crippen molar-refractivity contribution in [3.05, 3.63) is 20.8 Å². The van der Waals surface area contributed by atoms with Gasteiger partial charge in [0.05, 0.1) is 10.9 Å². The molecule has 0 fully saturated rings. The Morgan fingerprint density at radius 1 is 1.42 bits per heavy atom. The van der Waals surface area contributed by atoms with E-state index < -0.39 is 12.3 Å². The molecule has 1 atom stereocenters. The van der Waals surface area contributed by atoms with E-state index in [2.05, 4.69) is 15.9 Å². The van der Waals surface area contributed by atoms with Crippen LogP contribution in [0.1, 0.15) is 5.56 Å². The van der Waals surface area contributed by atoms with E-state index in [9.17, 15) is 4.79 Å². The summed E-state index contributed by atoms with van der Waals surface area (Å²) in [6.07, 6.45) is -0.667. The average molecular weight is 352 g/mol. The Morgan fingerprint density at radius 3 is 2.47 bits per heavy atom. The van der Waals surface area contributed by atoms with Crippen LogP contribution in [-0.4, -0.2) is 51.6 Å². The van der Waals surface area contributed by atoms with Crippen LogP contribution in [0.25, 0.3) is 0 Å². The number of carbonyl (C=O) groups is 1. The maximum absolute atomic E-state index is 11.9. The number of nitrogens with zero attached hydrogens (tertiary/aromatic N) is 1. The van der Waals surface area contributed by atoms with Gasteiger partial charge in [-0.15, -0.1) is 11.3 Å². The van der Waals surface area contributed by atoms with Crippen LogP contribution in [0, 0.1) is 0 Å². The molecule has 0 N–H and O–H groups in total. The largest absolute Gasteiger partial charge is 0.468 e. The van der Waals surface area contributed by atoms with Gasteiger partial charge in [-0.1, -0.05) is 0 Å². The molecule has 0 amide bonds. The zero-order valence-electron chi connectivity index (χ0n) is 11.4. The van der Waals surface area contributed by atoms with Crippen LogP contribution in [-0.2, 0) is 25.5 Å². The molecule has 1 heterocycles. The Labute approximate surface area is 125 Å². The van der Waals surface area contributed by atoms with Crippen molar-refractivity contribution in [2.45, 2.75) is 18.9 Å². The van der Waals surface area contributed by atoms with Gasteiger partial charge in [-0.25, -0.2) is 0 Å². The highest BCUT2D eigenvalue weighted by Gasteiger charge is 2.33. The lowest BCUT2D eigenvalue weighted by molar-refractivity contribution is -0.178. The lowest BCUT2D eigenvalue weighted by Gasteiger charge is -2.30. The molecule has 0 unspecified atom stereocenters. The second kappa shape index (κ2) is 7.96. The van der Waals surface area contributed by atoms with Crippen molar-refractivity contribution >= 4 is 33.2 Å². The quantitative estimate of drug-likeness (QED) is 0.556. The lowest BCUT2D eigenvalue weighted by atomic mass is 10.2. The molecule has 19 heavy (non-hydrogen) atoms. The smallest absolute Gasteiger partial charge is 0.328 e. The number of esters is 1. The number of likely N-dealkylation sites (N-methyl/N-ethyl adjacent to an activating group) is 1. The van der Waals surface area contributed by atoms with Crippen LogP contribution in [0.4, 0.5) is 0 Å². The molecule has 0 aliphatic heterocycles. The molecule has 7 heteroatoms. The van der Waals surface area contributed by atoms with Crippen LogP contribution in [0.2, 0.25) is 0 Å². The van der Waals surface area contributed by atoms with E-state index in [1.165, 1.54) is 21.3 Å². The van der Waals surface area contributed by atoms with Gasteiger partial charge in [0.15, 0.2) is 12.3 Å². The van der Waals surface area contributed by atoms with Gasteiger partial charge in [0, 0.05) is 20.8 Å². The second-order valence-corrected chi connectivity index (χ2v) is 6.27. The van der Waals surface area contributed by atoms with Crippen molar-refractivity contribution < 1.29 is 19.0 Å². The van der Waals surface area contributed by atoms with Gasteiger partial charge < -0.3 is 14.2 Å². The summed E-state index contributed by atoms with van der Waals surface area (Å²) in [6, 6.07) is 1.41. The van der Waals surface area contributed by atoms with E-state index in [1.54, 1.807) is 11.3 Å². The molecule has 0 saturated heterocycles. The zero-order chi connectivity index (χ0) is 14.4. The average Bonchev–Trinajstić information content (AvgIpc) is 2.80.